The van der Waals surface area contributed by atoms with Crippen LogP contribution in [-0.2, 0) is 22.5 Å². The fourth-order valence-electron chi connectivity index (χ4n) is 2.59. The number of carboxylic acid groups (broad SMARTS) is 1. The van der Waals surface area contributed by atoms with Gasteiger partial charge in [-0.05, 0) is 30.0 Å². The molecular formula is C16H21NO4. The second-order valence-electron chi connectivity index (χ2n) is 5.18. The summed E-state index contributed by atoms with van der Waals surface area (Å²) in [5, 5.41) is 9.19. The summed E-state index contributed by atoms with van der Waals surface area (Å²) in [5.41, 5.74) is 2.14. The molecule has 1 aromatic rings. The maximum absolute atomic E-state index is 12.1. The molecule has 1 aromatic carbocycles. The quantitative estimate of drug-likeness (QED) is 0.815. The minimum atomic E-state index is -0.903. The fourth-order valence-corrected chi connectivity index (χ4v) is 2.59. The highest BCUT2D eigenvalue weighted by molar-refractivity contribution is 5.90. The summed E-state index contributed by atoms with van der Waals surface area (Å²) in [4.78, 5) is 25.1. The van der Waals surface area contributed by atoms with Crippen LogP contribution in [0.5, 0.6) is 0 Å². The lowest BCUT2D eigenvalue weighted by Gasteiger charge is -2.29. The first-order valence-electron chi connectivity index (χ1n) is 7.33. The van der Waals surface area contributed by atoms with E-state index >= 15 is 0 Å². The van der Waals surface area contributed by atoms with Gasteiger partial charge in [-0.3, -0.25) is 4.79 Å². The number of aromatic carboxylic acids is 1. The van der Waals surface area contributed by atoms with Gasteiger partial charge in [-0.1, -0.05) is 19.1 Å². The van der Waals surface area contributed by atoms with E-state index in [2.05, 4.69) is 0 Å². The minimum Gasteiger partial charge on any atom is -0.478 e. The van der Waals surface area contributed by atoms with Crippen LogP contribution in [0.1, 0.15) is 41.3 Å². The maximum atomic E-state index is 12.1. The average Bonchev–Trinajstić information content (AvgIpc) is 2.50. The molecule has 0 unspecified atom stereocenters. The van der Waals surface area contributed by atoms with E-state index in [1.807, 2.05) is 13.0 Å². The van der Waals surface area contributed by atoms with Gasteiger partial charge in [0.2, 0.25) is 5.91 Å². The highest BCUT2D eigenvalue weighted by Gasteiger charge is 2.23. The standard InChI is InChI=1S/C16H21NO4/c1-2-9-21-10-7-15(18)17-8-6-13-12(11-17)4-3-5-14(13)16(19)20/h3-5H,2,6-11H2,1H3,(H,19,20). The predicted octanol–water partition coefficient (Wildman–Crippen LogP) is 2.09. The number of carbonyl (C=O) groups excluding carboxylic acids is 1. The summed E-state index contributed by atoms with van der Waals surface area (Å²) in [5.74, 6) is -0.836. The maximum Gasteiger partial charge on any atom is 0.335 e. The Kier molecular flexibility index (Phi) is 5.33. The number of amides is 1. The number of fused-ring (bicyclic) bond motifs is 1. The number of rotatable bonds is 6. The first kappa shape index (κ1) is 15.5. The highest BCUT2D eigenvalue weighted by Crippen LogP contribution is 2.23. The summed E-state index contributed by atoms with van der Waals surface area (Å²) in [6.45, 7) is 4.22. The molecule has 0 spiro atoms. The molecule has 1 N–H and O–H groups in total. The molecular weight excluding hydrogens is 270 g/mol. The molecule has 0 saturated heterocycles. The molecule has 0 radical (unpaired) electrons. The van der Waals surface area contributed by atoms with E-state index in [1.54, 1.807) is 17.0 Å². The number of hydrogen-bond donors (Lipinski definition) is 1. The molecule has 1 aliphatic rings. The van der Waals surface area contributed by atoms with Crippen molar-refractivity contribution in [3.05, 3.63) is 34.9 Å². The van der Waals surface area contributed by atoms with E-state index in [0.29, 0.717) is 44.7 Å². The van der Waals surface area contributed by atoms with E-state index in [4.69, 9.17) is 4.74 Å². The smallest absolute Gasteiger partial charge is 0.335 e. The lowest BCUT2D eigenvalue weighted by molar-refractivity contribution is -0.133. The molecule has 2 rings (SSSR count). The van der Waals surface area contributed by atoms with Crippen LogP contribution in [0.2, 0.25) is 0 Å². The Morgan fingerprint density at radius 1 is 1.33 bits per heavy atom. The zero-order valence-electron chi connectivity index (χ0n) is 12.3. The van der Waals surface area contributed by atoms with Crippen LogP contribution >= 0.6 is 0 Å². The Morgan fingerprint density at radius 3 is 2.86 bits per heavy atom. The van der Waals surface area contributed by atoms with Gasteiger partial charge in [0.05, 0.1) is 18.6 Å². The summed E-state index contributed by atoms with van der Waals surface area (Å²) in [7, 11) is 0. The van der Waals surface area contributed by atoms with Crippen LogP contribution in [0, 0.1) is 0 Å². The zero-order chi connectivity index (χ0) is 15.2. The monoisotopic (exact) mass is 291 g/mol. The van der Waals surface area contributed by atoms with Crippen molar-refractivity contribution >= 4 is 11.9 Å². The molecule has 0 atom stereocenters. The molecule has 0 aromatic heterocycles. The van der Waals surface area contributed by atoms with E-state index in [-0.39, 0.29) is 5.91 Å². The van der Waals surface area contributed by atoms with Crippen LogP contribution in [0.25, 0.3) is 0 Å². The van der Waals surface area contributed by atoms with Gasteiger partial charge in [0, 0.05) is 19.7 Å². The first-order valence-corrected chi connectivity index (χ1v) is 7.33. The molecule has 114 valence electrons. The van der Waals surface area contributed by atoms with Crippen molar-refractivity contribution in [3.63, 3.8) is 0 Å². The van der Waals surface area contributed by atoms with Gasteiger partial charge >= 0.3 is 5.97 Å². The van der Waals surface area contributed by atoms with Crippen LogP contribution in [0.15, 0.2) is 18.2 Å². The number of hydrogen-bond acceptors (Lipinski definition) is 3. The first-order chi connectivity index (χ1) is 10.1. The number of benzene rings is 1. The molecule has 5 nitrogen and oxygen atoms in total. The Bertz CT molecular complexity index is 527. The molecule has 0 aliphatic carbocycles. The van der Waals surface area contributed by atoms with Gasteiger partial charge in [0.1, 0.15) is 0 Å². The highest BCUT2D eigenvalue weighted by atomic mass is 16.5. The Hall–Kier alpha value is -1.88. The summed E-state index contributed by atoms with van der Waals surface area (Å²) in [6, 6.07) is 5.26. The van der Waals surface area contributed by atoms with E-state index in [9.17, 15) is 14.7 Å². The Labute approximate surface area is 124 Å². The van der Waals surface area contributed by atoms with Gasteiger partial charge in [-0.25, -0.2) is 4.79 Å². The van der Waals surface area contributed by atoms with E-state index in [1.165, 1.54) is 0 Å². The second-order valence-corrected chi connectivity index (χ2v) is 5.18. The van der Waals surface area contributed by atoms with Crippen LogP contribution in [0.3, 0.4) is 0 Å². The Morgan fingerprint density at radius 2 is 2.14 bits per heavy atom. The van der Waals surface area contributed by atoms with Crippen molar-refractivity contribution < 1.29 is 19.4 Å². The van der Waals surface area contributed by atoms with Gasteiger partial charge in [0.15, 0.2) is 0 Å². The molecule has 1 aliphatic heterocycles. The van der Waals surface area contributed by atoms with Crippen molar-refractivity contribution in [3.8, 4) is 0 Å². The summed E-state index contributed by atoms with van der Waals surface area (Å²) < 4.78 is 5.34. The molecule has 0 saturated carbocycles. The predicted molar refractivity (Wildman–Crippen MR) is 78.2 cm³/mol. The van der Waals surface area contributed by atoms with Crippen molar-refractivity contribution in [2.75, 3.05) is 19.8 Å². The van der Waals surface area contributed by atoms with Crippen LogP contribution < -0.4 is 0 Å². The van der Waals surface area contributed by atoms with Crippen molar-refractivity contribution in [1.82, 2.24) is 4.90 Å². The number of carbonyl (C=O) groups is 2. The third-order valence-corrected chi connectivity index (χ3v) is 3.66. The van der Waals surface area contributed by atoms with E-state index < -0.39 is 5.97 Å². The molecule has 5 heteroatoms. The van der Waals surface area contributed by atoms with Crippen molar-refractivity contribution in [2.45, 2.75) is 32.7 Å². The second kappa shape index (κ2) is 7.22. The molecule has 1 amide bonds. The third-order valence-electron chi connectivity index (χ3n) is 3.66. The SMILES string of the molecule is CCCOCCC(=O)N1CCc2c(cccc2C(=O)O)C1. The van der Waals surface area contributed by atoms with Crippen molar-refractivity contribution in [2.24, 2.45) is 0 Å². The number of nitrogens with zero attached hydrogens (tertiary/aromatic N) is 1. The number of ether oxygens (including phenoxy) is 1. The molecule has 21 heavy (non-hydrogen) atoms. The Balaban J connectivity index is 1.98. The summed E-state index contributed by atoms with van der Waals surface area (Å²) in [6.07, 6.45) is 1.93. The topological polar surface area (TPSA) is 66.8 Å². The van der Waals surface area contributed by atoms with Gasteiger partial charge in [-0.15, -0.1) is 0 Å². The summed E-state index contributed by atoms with van der Waals surface area (Å²) >= 11 is 0. The third kappa shape index (κ3) is 3.82. The van der Waals surface area contributed by atoms with Gasteiger partial charge < -0.3 is 14.7 Å². The zero-order valence-corrected chi connectivity index (χ0v) is 12.3. The van der Waals surface area contributed by atoms with E-state index in [0.717, 1.165) is 17.5 Å². The van der Waals surface area contributed by atoms with Crippen LogP contribution in [-0.4, -0.2) is 41.6 Å². The molecule has 0 fully saturated rings. The minimum absolute atomic E-state index is 0.0671. The van der Waals surface area contributed by atoms with Crippen molar-refractivity contribution in [1.29, 1.82) is 0 Å². The number of carboxylic acids is 1. The normalized spacial score (nSPS) is 13.9. The average molecular weight is 291 g/mol. The van der Waals surface area contributed by atoms with Gasteiger partial charge in [0.25, 0.3) is 0 Å². The lowest BCUT2D eigenvalue weighted by Crippen LogP contribution is -2.37. The fraction of sp³-hybridized carbons (Fsp3) is 0.500. The largest absolute Gasteiger partial charge is 0.478 e. The van der Waals surface area contributed by atoms with Gasteiger partial charge in [-0.2, -0.15) is 0 Å². The molecule has 1 heterocycles. The molecule has 0 bridgehead atoms. The lowest BCUT2D eigenvalue weighted by atomic mass is 9.94. The van der Waals surface area contributed by atoms with Crippen LogP contribution in [0.4, 0.5) is 0 Å².